The lowest BCUT2D eigenvalue weighted by Crippen LogP contribution is -2.03. The van der Waals surface area contributed by atoms with Crippen molar-refractivity contribution in [1.82, 2.24) is 19.5 Å². The predicted octanol–water partition coefficient (Wildman–Crippen LogP) is 7.04. The maximum absolute atomic E-state index is 6.26. The molecule has 0 bridgehead atoms. The van der Waals surface area contributed by atoms with Crippen molar-refractivity contribution >= 4 is 34.0 Å². The number of rotatable bonds is 5. The Kier molecular flexibility index (Phi) is 5.15. The van der Waals surface area contributed by atoms with Gasteiger partial charge in [0.1, 0.15) is 17.0 Å². The van der Waals surface area contributed by atoms with Crippen LogP contribution in [0, 0.1) is 6.92 Å². The van der Waals surface area contributed by atoms with Crippen molar-refractivity contribution in [3.8, 4) is 22.8 Å². The minimum atomic E-state index is 0.232. The van der Waals surface area contributed by atoms with Crippen LogP contribution >= 0.6 is 11.6 Å². The highest BCUT2D eigenvalue weighted by atomic mass is 35.5. The van der Waals surface area contributed by atoms with Gasteiger partial charge in [0.2, 0.25) is 0 Å². The zero-order valence-corrected chi connectivity index (χ0v) is 18.8. The normalized spacial score (nSPS) is 11.4. The van der Waals surface area contributed by atoms with Crippen LogP contribution in [-0.2, 0) is 0 Å². The van der Waals surface area contributed by atoms with E-state index in [1.165, 1.54) is 6.39 Å². The maximum atomic E-state index is 6.26. The molecule has 0 amide bonds. The molecular formula is C25H22ClN5O. The summed E-state index contributed by atoms with van der Waals surface area (Å²) in [4.78, 5) is 13.7. The zero-order chi connectivity index (χ0) is 22.2. The Balaban J connectivity index is 1.55. The first-order valence-electron chi connectivity index (χ1n) is 10.4. The molecule has 0 atom stereocenters. The molecule has 32 heavy (non-hydrogen) atoms. The molecule has 0 aliphatic carbocycles. The summed E-state index contributed by atoms with van der Waals surface area (Å²) < 4.78 is 7.68. The van der Waals surface area contributed by atoms with Gasteiger partial charge >= 0.3 is 0 Å². The topological polar surface area (TPSA) is 68.8 Å². The number of oxazole rings is 1. The van der Waals surface area contributed by atoms with Crippen LogP contribution in [0.2, 0.25) is 5.02 Å². The highest BCUT2D eigenvalue weighted by Gasteiger charge is 2.17. The molecule has 0 unspecified atom stereocenters. The van der Waals surface area contributed by atoms with Crippen LogP contribution in [0.15, 0.2) is 71.6 Å². The number of hydrogen-bond donors (Lipinski definition) is 1. The second-order valence-corrected chi connectivity index (χ2v) is 8.34. The highest BCUT2D eigenvalue weighted by Crippen LogP contribution is 2.34. The monoisotopic (exact) mass is 443 g/mol. The molecule has 0 aliphatic heterocycles. The van der Waals surface area contributed by atoms with Gasteiger partial charge in [-0.2, -0.15) is 0 Å². The fraction of sp³-hybridized carbons (Fsp3) is 0.160. The van der Waals surface area contributed by atoms with Crippen LogP contribution in [0.3, 0.4) is 0 Å². The highest BCUT2D eigenvalue weighted by molar-refractivity contribution is 6.30. The quantitative estimate of drug-likeness (QED) is 0.315. The van der Waals surface area contributed by atoms with Gasteiger partial charge in [-0.25, -0.2) is 9.97 Å². The van der Waals surface area contributed by atoms with Crippen molar-refractivity contribution in [1.29, 1.82) is 0 Å². The van der Waals surface area contributed by atoms with Crippen LogP contribution in [0.4, 0.5) is 11.4 Å². The summed E-state index contributed by atoms with van der Waals surface area (Å²) in [6.07, 6.45) is 3.22. The Labute approximate surface area is 190 Å². The molecule has 7 heteroatoms. The van der Waals surface area contributed by atoms with Crippen molar-refractivity contribution in [2.45, 2.75) is 26.8 Å². The number of pyridine rings is 1. The van der Waals surface area contributed by atoms with Crippen LogP contribution in [0.5, 0.6) is 0 Å². The molecule has 6 nitrogen and oxygen atoms in total. The predicted molar refractivity (Wildman–Crippen MR) is 128 cm³/mol. The minimum absolute atomic E-state index is 0.232. The van der Waals surface area contributed by atoms with Crippen LogP contribution < -0.4 is 5.32 Å². The number of aryl methyl sites for hydroxylation is 1. The Hall–Kier alpha value is -3.64. The van der Waals surface area contributed by atoms with Gasteiger partial charge in [-0.05, 0) is 57.2 Å². The average Bonchev–Trinajstić information content (AvgIpc) is 3.39. The van der Waals surface area contributed by atoms with Gasteiger partial charge in [-0.15, -0.1) is 0 Å². The Morgan fingerprint density at radius 3 is 2.56 bits per heavy atom. The first-order chi connectivity index (χ1) is 15.5. The molecule has 0 saturated carbocycles. The number of halogens is 1. The molecule has 3 heterocycles. The second-order valence-electron chi connectivity index (χ2n) is 7.91. The van der Waals surface area contributed by atoms with Crippen LogP contribution in [0.25, 0.3) is 33.9 Å². The summed E-state index contributed by atoms with van der Waals surface area (Å²) in [7, 11) is 0. The Morgan fingerprint density at radius 2 is 1.88 bits per heavy atom. The van der Waals surface area contributed by atoms with Gasteiger partial charge < -0.3 is 14.3 Å². The Bertz CT molecular complexity index is 1400. The van der Waals surface area contributed by atoms with E-state index in [0.717, 1.165) is 45.2 Å². The van der Waals surface area contributed by atoms with Gasteiger partial charge in [0.05, 0.1) is 28.8 Å². The molecule has 2 aromatic carbocycles. The second kappa shape index (κ2) is 8.13. The molecule has 0 saturated heterocycles. The molecule has 0 spiro atoms. The zero-order valence-electron chi connectivity index (χ0n) is 18.0. The molecule has 0 radical (unpaired) electrons. The fourth-order valence-corrected chi connectivity index (χ4v) is 4.07. The molecule has 1 N–H and O–H groups in total. The summed E-state index contributed by atoms with van der Waals surface area (Å²) in [5.41, 5.74) is 6.28. The summed E-state index contributed by atoms with van der Waals surface area (Å²) >= 11 is 6.26. The largest absolute Gasteiger partial charge is 0.442 e. The molecule has 5 rings (SSSR count). The summed E-state index contributed by atoms with van der Waals surface area (Å²) in [5, 5.41) is 4.16. The first-order valence-corrected chi connectivity index (χ1v) is 10.8. The van der Waals surface area contributed by atoms with Gasteiger partial charge in [0, 0.05) is 16.6 Å². The van der Waals surface area contributed by atoms with E-state index in [1.54, 1.807) is 6.20 Å². The number of nitrogens with zero attached hydrogens (tertiary/aromatic N) is 4. The maximum Gasteiger partial charge on any atom is 0.181 e. The number of aromatic nitrogens is 4. The summed E-state index contributed by atoms with van der Waals surface area (Å²) in [6.45, 7) is 6.21. The summed E-state index contributed by atoms with van der Waals surface area (Å²) in [6, 6.07) is 18.1. The van der Waals surface area contributed by atoms with E-state index >= 15 is 0 Å². The van der Waals surface area contributed by atoms with Crippen molar-refractivity contribution in [3.63, 3.8) is 0 Å². The number of imidazole rings is 1. The van der Waals surface area contributed by atoms with Gasteiger partial charge in [-0.1, -0.05) is 29.8 Å². The number of para-hydroxylation sites is 1. The van der Waals surface area contributed by atoms with Crippen molar-refractivity contribution < 1.29 is 4.42 Å². The lowest BCUT2D eigenvalue weighted by atomic mass is 10.2. The van der Waals surface area contributed by atoms with Gasteiger partial charge in [0.15, 0.2) is 12.2 Å². The third-order valence-corrected chi connectivity index (χ3v) is 5.58. The molecule has 5 aromatic rings. The number of fused-ring (bicyclic) bond motifs is 1. The third-order valence-electron chi connectivity index (χ3n) is 5.34. The van der Waals surface area contributed by atoms with Gasteiger partial charge in [-0.3, -0.25) is 4.98 Å². The average molecular weight is 444 g/mol. The van der Waals surface area contributed by atoms with E-state index in [-0.39, 0.29) is 6.04 Å². The SMILES string of the molecule is Cc1ncoc1-c1ccc(Nc2cccc3c2nc(-c2cccc(Cl)c2)n3C(C)C)cn1. The van der Waals surface area contributed by atoms with E-state index < -0.39 is 0 Å². The minimum Gasteiger partial charge on any atom is -0.442 e. The molecular weight excluding hydrogens is 422 g/mol. The van der Waals surface area contributed by atoms with Gasteiger partial charge in [0.25, 0.3) is 0 Å². The van der Waals surface area contributed by atoms with E-state index in [4.69, 9.17) is 21.0 Å². The fourth-order valence-electron chi connectivity index (χ4n) is 3.88. The van der Waals surface area contributed by atoms with Crippen LogP contribution in [0.1, 0.15) is 25.6 Å². The van der Waals surface area contributed by atoms with E-state index in [9.17, 15) is 0 Å². The Morgan fingerprint density at radius 1 is 1.03 bits per heavy atom. The number of nitrogens with one attached hydrogen (secondary N) is 1. The number of benzene rings is 2. The van der Waals surface area contributed by atoms with E-state index in [1.807, 2.05) is 55.5 Å². The molecule has 0 aliphatic rings. The third kappa shape index (κ3) is 3.63. The number of anilines is 2. The molecule has 160 valence electrons. The van der Waals surface area contributed by atoms with E-state index in [2.05, 4.69) is 39.8 Å². The lowest BCUT2D eigenvalue weighted by molar-refractivity contribution is 0.569. The van der Waals surface area contributed by atoms with Crippen molar-refractivity contribution in [2.24, 2.45) is 0 Å². The van der Waals surface area contributed by atoms with Crippen LogP contribution in [-0.4, -0.2) is 19.5 Å². The summed E-state index contributed by atoms with van der Waals surface area (Å²) in [5.74, 6) is 1.57. The lowest BCUT2D eigenvalue weighted by Gasteiger charge is -2.13. The van der Waals surface area contributed by atoms with E-state index in [0.29, 0.717) is 10.8 Å². The number of hydrogen-bond acceptors (Lipinski definition) is 5. The standard InChI is InChI=1S/C25H22ClN5O/c1-15(2)31-22-9-5-8-20(23(22)30-25(31)17-6-4-7-18(26)12-17)29-19-10-11-21(27-13-19)24-16(3)28-14-32-24/h4-15,29H,1-3H3. The molecule has 0 fully saturated rings. The molecule has 3 aromatic heterocycles. The van der Waals surface area contributed by atoms with Crippen molar-refractivity contribution in [3.05, 3.63) is 77.9 Å². The first kappa shape index (κ1) is 20.3. The smallest absolute Gasteiger partial charge is 0.181 e. The van der Waals surface area contributed by atoms with Crippen molar-refractivity contribution in [2.75, 3.05) is 5.32 Å².